The van der Waals surface area contributed by atoms with Gasteiger partial charge in [0.25, 0.3) is 5.91 Å². The van der Waals surface area contributed by atoms with Gasteiger partial charge in [0.1, 0.15) is 18.1 Å². The zero-order valence-corrected chi connectivity index (χ0v) is 16.2. The fourth-order valence-corrected chi connectivity index (χ4v) is 2.85. The van der Waals surface area contributed by atoms with E-state index in [-0.39, 0.29) is 16.8 Å². The molecule has 0 aliphatic rings. The molecule has 0 fully saturated rings. The smallest absolute Gasteiger partial charge is 0.406 e. The Morgan fingerprint density at radius 3 is 2.43 bits per heavy atom. The Morgan fingerprint density at radius 2 is 1.89 bits per heavy atom. The average molecular weight is 459 g/mol. The van der Waals surface area contributed by atoms with Crippen LogP contribution in [0.2, 0.25) is 0 Å². The van der Waals surface area contributed by atoms with Gasteiger partial charge in [-0.25, -0.2) is 4.39 Å². The highest BCUT2D eigenvalue weighted by Gasteiger charge is 2.35. The van der Waals surface area contributed by atoms with Crippen molar-refractivity contribution >= 4 is 21.8 Å². The summed E-state index contributed by atoms with van der Waals surface area (Å²) in [7, 11) is 0. The third kappa shape index (κ3) is 6.23. The summed E-state index contributed by atoms with van der Waals surface area (Å²) >= 11 is 3.08. The number of alkyl halides is 3. The highest BCUT2D eigenvalue weighted by Crippen LogP contribution is 2.27. The van der Waals surface area contributed by atoms with Crippen LogP contribution in [0.25, 0.3) is 0 Å². The van der Waals surface area contributed by atoms with E-state index in [0.29, 0.717) is 16.0 Å². The number of rotatable bonds is 6. The summed E-state index contributed by atoms with van der Waals surface area (Å²) in [5.41, 5.74) is 0.794. The fraction of sp³-hybridized carbons (Fsp3) is 0.263. The first-order chi connectivity index (χ1) is 13.1. The van der Waals surface area contributed by atoms with Crippen LogP contribution in [0.3, 0.4) is 0 Å². The Balaban J connectivity index is 2.18. The molecular formula is C19H15BrF4N2O2. The summed E-state index contributed by atoms with van der Waals surface area (Å²) in [5, 5.41) is 8.80. The van der Waals surface area contributed by atoms with E-state index in [0.717, 1.165) is 12.1 Å². The second kappa shape index (κ2) is 9.06. The molecule has 0 bridgehead atoms. The van der Waals surface area contributed by atoms with Gasteiger partial charge in [0, 0.05) is 6.54 Å². The average Bonchev–Trinajstić information content (AvgIpc) is 2.62. The lowest BCUT2D eigenvalue weighted by molar-refractivity contribution is -0.166. The standard InChI is InChI=1S/C19H15BrF4N2O2/c1-12(28-17-7-6-15(21)8-16(17)20)18(27)26(11-19(22,23)24)10-14-4-2-13(9-25)3-5-14/h2-8,12H,10-11H2,1H3. The molecule has 9 heteroatoms. The molecule has 1 unspecified atom stereocenters. The van der Waals surface area contributed by atoms with Crippen molar-refractivity contribution < 1.29 is 27.1 Å². The van der Waals surface area contributed by atoms with E-state index >= 15 is 0 Å². The zero-order chi connectivity index (χ0) is 20.9. The molecule has 2 aromatic rings. The highest BCUT2D eigenvalue weighted by molar-refractivity contribution is 9.10. The molecule has 0 saturated heterocycles. The van der Waals surface area contributed by atoms with Crippen LogP contribution in [0.15, 0.2) is 46.9 Å². The zero-order valence-electron chi connectivity index (χ0n) is 14.6. The Labute approximate surface area is 167 Å². The summed E-state index contributed by atoms with van der Waals surface area (Å²) < 4.78 is 57.7. The van der Waals surface area contributed by atoms with Gasteiger partial charge in [-0.2, -0.15) is 18.4 Å². The number of nitriles is 1. The van der Waals surface area contributed by atoms with Crippen molar-refractivity contribution in [1.29, 1.82) is 5.26 Å². The van der Waals surface area contributed by atoms with Gasteiger partial charge >= 0.3 is 6.18 Å². The Kier molecular flexibility index (Phi) is 7.02. The van der Waals surface area contributed by atoms with E-state index in [1.54, 1.807) is 0 Å². The fourth-order valence-electron chi connectivity index (χ4n) is 2.40. The lowest BCUT2D eigenvalue weighted by Crippen LogP contribution is -2.44. The summed E-state index contributed by atoms with van der Waals surface area (Å²) in [6, 6.07) is 11.3. The van der Waals surface area contributed by atoms with E-state index in [4.69, 9.17) is 10.00 Å². The van der Waals surface area contributed by atoms with Gasteiger partial charge < -0.3 is 9.64 Å². The monoisotopic (exact) mass is 458 g/mol. The van der Waals surface area contributed by atoms with Gasteiger partial charge in [-0.15, -0.1) is 0 Å². The number of halogens is 5. The second-order valence-corrected chi connectivity index (χ2v) is 6.81. The molecule has 4 nitrogen and oxygen atoms in total. The molecule has 28 heavy (non-hydrogen) atoms. The van der Waals surface area contributed by atoms with Gasteiger partial charge in [-0.05, 0) is 58.7 Å². The molecule has 0 N–H and O–H groups in total. The summed E-state index contributed by atoms with van der Waals surface area (Å²) in [5.74, 6) is -1.27. The largest absolute Gasteiger partial charge is 0.480 e. The first-order valence-electron chi connectivity index (χ1n) is 8.05. The van der Waals surface area contributed by atoms with E-state index in [1.807, 2.05) is 6.07 Å². The Bertz CT molecular complexity index is 879. The number of amides is 1. The molecule has 0 aliphatic carbocycles. The Morgan fingerprint density at radius 1 is 1.25 bits per heavy atom. The molecule has 0 aromatic heterocycles. The molecular weight excluding hydrogens is 444 g/mol. The molecule has 0 saturated carbocycles. The van der Waals surface area contributed by atoms with Crippen molar-refractivity contribution in [3.63, 3.8) is 0 Å². The van der Waals surface area contributed by atoms with Crippen LogP contribution in [-0.4, -0.2) is 29.6 Å². The quantitative estimate of drug-likeness (QED) is 0.583. The molecule has 0 heterocycles. The molecule has 2 aromatic carbocycles. The minimum atomic E-state index is -4.60. The van der Waals surface area contributed by atoms with Crippen molar-refractivity contribution in [2.75, 3.05) is 6.54 Å². The van der Waals surface area contributed by atoms with Crippen molar-refractivity contribution in [2.24, 2.45) is 0 Å². The number of ether oxygens (including phenoxy) is 1. The summed E-state index contributed by atoms with van der Waals surface area (Å²) in [4.78, 5) is 13.2. The van der Waals surface area contributed by atoms with E-state index in [2.05, 4.69) is 15.9 Å². The van der Waals surface area contributed by atoms with Crippen LogP contribution in [-0.2, 0) is 11.3 Å². The minimum Gasteiger partial charge on any atom is -0.480 e. The third-order valence-electron chi connectivity index (χ3n) is 3.68. The molecule has 148 valence electrons. The predicted octanol–water partition coefficient (Wildman–Crippen LogP) is 4.82. The summed E-state index contributed by atoms with van der Waals surface area (Å²) in [6.07, 6.45) is -5.83. The van der Waals surface area contributed by atoms with Crippen LogP contribution in [0.1, 0.15) is 18.1 Å². The van der Waals surface area contributed by atoms with Crippen molar-refractivity contribution in [3.05, 3.63) is 63.9 Å². The molecule has 0 radical (unpaired) electrons. The molecule has 0 spiro atoms. The van der Waals surface area contributed by atoms with Crippen molar-refractivity contribution in [1.82, 2.24) is 4.90 Å². The molecule has 1 amide bonds. The lowest BCUT2D eigenvalue weighted by Gasteiger charge is -2.27. The topological polar surface area (TPSA) is 53.3 Å². The third-order valence-corrected chi connectivity index (χ3v) is 4.30. The van der Waals surface area contributed by atoms with Crippen LogP contribution in [0.5, 0.6) is 5.75 Å². The van der Waals surface area contributed by atoms with Gasteiger partial charge in [-0.3, -0.25) is 4.79 Å². The van der Waals surface area contributed by atoms with E-state index < -0.39 is 30.5 Å². The molecule has 1 atom stereocenters. The number of nitrogens with zero attached hydrogens (tertiary/aromatic N) is 2. The van der Waals surface area contributed by atoms with E-state index in [9.17, 15) is 22.4 Å². The van der Waals surface area contributed by atoms with Crippen LogP contribution in [0.4, 0.5) is 17.6 Å². The van der Waals surface area contributed by atoms with Gasteiger partial charge in [0.15, 0.2) is 6.10 Å². The number of carbonyl (C=O) groups is 1. The van der Waals surface area contributed by atoms with Gasteiger partial charge in [0.05, 0.1) is 16.1 Å². The number of hydrogen-bond donors (Lipinski definition) is 0. The normalized spacial score (nSPS) is 12.2. The first-order valence-corrected chi connectivity index (χ1v) is 8.84. The molecule has 2 rings (SSSR count). The van der Waals surface area contributed by atoms with Gasteiger partial charge in [0.2, 0.25) is 0 Å². The van der Waals surface area contributed by atoms with Crippen molar-refractivity contribution in [2.45, 2.75) is 25.7 Å². The van der Waals surface area contributed by atoms with Crippen LogP contribution >= 0.6 is 15.9 Å². The lowest BCUT2D eigenvalue weighted by atomic mass is 10.1. The van der Waals surface area contributed by atoms with Crippen molar-refractivity contribution in [3.8, 4) is 11.8 Å². The predicted molar refractivity (Wildman–Crippen MR) is 96.8 cm³/mol. The second-order valence-electron chi connectivity index (χ2n) is 5.95. The van der Waals surface area contributed by atoms with Crippen LogP contribution < -0.4 is 4.74 Å². The maximum absolute atomic E-state index is 13.1. The molecule has 0 aliphatic heterocycles. The SMILES string of the molecule is CC(Oc1ccc(F)cc1Br)C(=O)N(Cc1ccc(C#N)cc1)CC(F)(F)F. The van der Waals surface area contributed by atoms with Gasteiger partial charge in [-0.1, -0.05) is 12.1 Å². The maximum Gasteiger partial charge on any atom is 0.406 e. The Hall–Kier alpha value is -2.60. The first kappa shape index (κ1) is 21.7. The van der Waals surface area contributed by atoms with E-state index in [1.165, 1.54) is 37.3 Å². The number of carbonyl (C=O) groups excluding carboxylic acids is 1. The maximum atomic E-state index is 13.1. The number of benzene rings is 2. The summed E-state index contributed by atoms with van der Waals surface area (Å²) in [6.45, 7) is -0.438. The minimum absolute atomic E-state index is 0.132. The number of hydrogen-bond acceptors (Lipinski definition) is 3. The van der Waals surface area contributed by atoms with Crippen LogP contribution in [0, 0.1) is 17.1 Å². The highest BCUT2D eigenvalue weighted by atomic mass is 79.9.